The van der Waals surface area contributed by atoms with Crippen molar-refractivity contribution in [1.29, 1.82) is 0 Å². The number of nitrogens with two attached hydrogens (primary N) is 1. The maximum absolute atomic E-state index is 11.1. The Balaban J connectivity index is -0.000000606. The molecule has 1 fully saturated rings. The average Bonchev–Trinajstić information content (AvgIpc) is 1.34. The molecule has 1 aliphatic rings. The van der Waals surface area contributed by atoms with Gasteiger partial charge in [0.1, 0.15) is 7.05 Å². The van der Waals surface area contributed by atoms with Crippen molar-refractivity contribution in [2.45, 2.75) is 160 Å². The monoisotopic (exact) mass is 1910 g/mol. The molecule has 3 rings (SSSR count). The third kappa shape index (κ3) is 43.0. The van der Waals surface area contributed by atoms with Gasteiger partial charge in [-0.05, 0) is 97.4 Å². The molecule has 1 saturated carbocycles. The molecule has 1 aliphatic carbocycles. The van der Waals surface area contributed by atoms with Gasteiger partial charge >= 0.3 is 112 Å². The summed E-state index contributed by atoms with van der Waals surface area (Å²) in [5.74, 6) is -1.38. The minimum atomic E-state index is -5.41. The van der Waals surface area contributed by atoms with Gasteiger partial charge in [0, 0.05) is 69.0 Å². The molecule has 0 bridgehead atoms. The number of hydrogen-bond donors (Lipinski definition) is 35. The van der Waals surface area contributed by atoms with Crippen LogP contribution < -0.4 is 15.6 Å². The Morgan fingerprint density at radius 3 is 1.13 bits per heavy atom. The Kier molecular flexibility index (Phi) is 49.7. The quantitative estimate of drug-likeness (QED) is 0.0117. The minimum absolute atomic E-state index is 0.0174. The molecule has 53 nitrogen and oxygen atoms in total. The van der Waals surface area contributed by atoms with E-state index in [1.807, 2.05) is 6.92 Å². The van der Waals surface area contributed by atoms with Crippen LogP contribution in [0, 0.1) is 0 Å². The highest BCUT2D eigenvalue weighted by molar-refractivity contribution is 7.74. The molecule has 664 valence electrons. The third-order valence-corrected chi connectivity index (χ3v) is 40.4. The summed E-state index contributed by atoms with van der Waals surface area (Å²) in [5.41, 5.74) is 5.37. The van der Waals surface area contributed by atoms with Crippen molar-refractivity contribution in [1.82, 2.24) is 19.7 Å². The molecule has 111 heavy (non-hydrogen) atoms. The molecule has 0 spiro atoms. The number of aliphatic hydroxyl groups is 5. The van der Waals surface area contributed by atoms with E-state index < -0.39 is 175 Å². The van der Waals surface area contributed by atoms with Gasteiger partial charge in [-0.15, -0.1) is 0 Å². The molecular weight excluding hydrogens is 1800 g/mol. The van der Waals surface area contributed by atoms with E-state index in [0.29, 0.717) is 38.8 Å². The van der Waals surface area contributed by atoms with E-state index in [0.717, 1.165) is 44.9 Å². The summed E-state index contributed by atoms with van der Waals surface area (Å²) in [5, 5.41) is 31.2. The lowest BCUT2D eigenvalue weighted by atomic mass is 10.1. The van der Waals surface area contributed by atoms with Crippen molar-refractivity contribution in [3.8, 4) is 0 Å². The largest absolute Gasteiger partial charge is 0.384 e. The fraction of sp³-hybridized carbons (Fsp3) is 0.795. The fourth-order valence-electron chi connectivity index (χ4n) is 8.52. The van der Waals surface area contributed by atoms with Crippen LogP contribution >= 0.6 is 106 Å². The van der Waals surface area contributed by atoms with Crippen molar-refractivity contribution < 1.29 is 231 Å². The lowest BCUT2D eigenvalue weighted by molar-refractivity contribution is -0.671. The third-order valence-electron chi connectivity index (χ3n) is 14.8. The van der Waals surface area contributed by atoms with Gasteiger partial charge in [0.25, 0.3) is 20.3 Å². The zero-order valence-electron chi connectivity index (χ0n) is 59.6. The standard InChI is InChI=1S/C9H23NO7P2.C8H13NO7P2.C8H19NO7P2.C7H13NO6P2.C6H17NO7P2.C5H15NO7P2.CH6O6P2/c1-3-4-5-7-10(2)8-6-9(11,18(12,13)14)19(15,16)17;1-9-4-2-3-7(6-9)5-8(10,17(11,12)13)18(14,15)16;10-8(17(11,12)13,18(14,15)16)9-7-5-3-1-2-4-6-7;9-15(10,11)7(16(12,13)14)3-6-8-4-1-2-5-8;7-5-3-1-2-4-6(8,15(9,10)11)16(12,13)14;1-6(2)4-3-5(7,14(8,9)10)15(11,12)13;2-8(3,4)1-9(5,6)7/h11H,3-8H2,1-2H3,(H2,12,13,14)(H2,15,16,17);2-4,6,10H,5H2,1H3,(H3-,11,12,13,14,15,16);7,9-10H,1-6H2,(H2,11,12,13)(H2,14,15,16);1-2,4-5,7H,3,6H2,(H2,9,10,11)(H2,12,13,14);8H,1-5,7H2,(H2,9,10,11)(H2,12,13,14);7H,3-4H2,1-2H3,(H2,8,9,10)(H2,11,12,13);1H2,(H2,2,3,4)(H2,5,6,7)/p+1. The normalized spacial score (nSPS) is 15.0. The number of rotatable bonds is 36. The lowest BCUT2D eigenvalue weighted by Crippen LogP contribution is -2.49. The molecule has 0 aromatic carbocycles. The highest BCUT2D eigenvalue weighted by Crippen LogP contribution is 2.72. The first-order valence-corrected chi connectivity index (χ1v) is 54.2. The lowest BCUT2D eigenvalue weighted by Gasteiger charge is -2.33. The fourth-order valence-corrected chi connectivity index (χ4v) is 23.6. The molecule has 2 aromatic rings. The molecule has 0 saturated heterocycles. The van der Waals surface area contributed by atoms with Crippen LogP contribution in [0.1, 0.15) is 115 Å². The van der Waals surface area contributed by atoms with Crippen molar-refractivity contribution in [3.63, 3.8) is 0 Å². The van der Waals surface area contributed by atoms with Gasteiger partial charge in [-0.25, -0.2) is 4.57 Å². The Morgan fingerprint density at radius 1 is 0.468 bits per heavy atom. The van der Waals surface area contributed by atoms with Gasteiger partial charge in [-0.2, -0.15) is 0 Å². The van der Waals surface area contributed by atoms with Crippen molar-refractivity contribution in [2.24, 2.45) is 12.8 Å². The summed E-state index contributed by atoms with van der Waals surface area (Å²) in [4.78, 5) is 248. The first-order valence-electron chi connectivity index (χ1n) is 31.1. The summed E-state index contributed by atoms with van der Waals surface area (Å²) >= 11 is 0. The summed E-state index contributed by atoms with van der Waals surface area (Å²) in [7, 11) is -65.8. The predicted molar refractivity (Wildman–Crippen MR) is 389 cm³/mol. The van der Waals surface area contributed by atoms with Crippen LogP contribution in [0.5, 0.6) is 0 Å². The SMILES string of the molecule is CCCCCN(C)CCC(O)(P(=O)(O)O)P(=O)(O)O.CN(C)CCC(O)(P(=O)(O)O)P(=O)(O)O.C[n+]1cccc(CC(O)(P(=O)(O)O)P(=O)(O)O)c1.NCCCCCC(O)(P(=O)(O)O)P(=O)(O)O.O=P(O)(O)C(CCn1cccc1)P(=O)(O)O.O=P(O)(O)C(O)(NC1CCCCCC1)P(=O)(O)O.O=P(O)(O)CP(=O)(O)O. The van der Waals surface area contributed by atoms with Gasteiger partial charge in [0.05, 0.1) is 0 Å². The van der Waals surface area contributed by atoms with E-state index >= 15 is 0 Å². The van der Waals surface area contributed by atoms with Crippen molar-refractivity contribution in [3.05, 3.63) is 54.6 Å². The molecule has 67 heteroatoms. The number of nitrogens with one attached hydrogen (secondary N) is 1. The van der Waals surface area contributed by atoms with Crippen molar-refractivity contribution in [2.75, 3.05) is 53.2 Å². The van der Waals surface area contributed by atoms with Crippen LogP contribution in [-0.4, -0.2) is 267 Å². The molecule has 0 atom stereocenters. The van der Waals surface area contributed by atoms with Crippen LogP contribution in [0.15, 0.2) is 49.1 Å². The van der Waals surface area contributed by atoms with E-state index in [1.165, 1.54) is 27.8 Å². The number of pyridine rings is 1. The molecule has 2 aromatic heterocycles. The molecule has 2 heterocycles. The summed E-state index contributed by atoms with van der Waals surface area (Å²) < 4.78 is 155. The van der Waals surface area contributed by atoms with Gasteiger partial charge in [0.15, 0.2) is 23.7 Å². The Morgan fingerprint density at radius 2 is 0.829 bits per heavy atom. The topological polar surface area (TPSA) is 960 Å². The molecule has 0 amide bonds. The predicted octanol–water partition coefficient (Wildman–Crippen LogP) is -1.88. The molecular formula is C44H107N6O47P14+. The van der Waals surface area contributed by atoms with Gasteiger partial charge in [-0.1, -0.05) is 51.9 Å². The van der Waals surface area contributed by atoms with Gasteiger partial charge in [0.2, 0.25) is 0 Å². The highest BCUT2D eigenvalue weighted by atomic mass is 31.3. The average molecular weight is 1910 g/mol. The van der Waals surface area contributed by atoms with Crippen LogP contribution in [0.25, 0.3) is 0 Å². The Labute approximate surface area is 634 Å². The van der Waals surface area contributed by atoms with Crippen LogP contribution in [0.2, 0.25) is 0 Å². The molecule has 0 aliphatic heterocycles. The van der Waals surface area contributed by atoms with Crippen LogP contribution in [-0.2, 0) is 83.9 Å². The first kappa shape index (κ1) is 117. The maximum Gasteiger partial charge on any atom is 0.384 e. The summed E-state index contributed by atoms with van der Waals surface area (Å²) in [6, 6.07) is 5.83. The first-order chi connectivity index (χ1) is 48.9. The maximum atomic E-state index is 11.1. The number of aromatic nitrogens is 2. The van der Waals surface area contributed by atoms with E-state index in [-0.39, 0.29) is 38.0 Å². The van der Waals surface area contributed by atoms with E-state index in [9.17, 15) is 89.4 Å². The number of hydrogen-bond acceptors (Lipinski definition) is 23. The minimum Gasteiger partial charge on any atom is -0.368 e. The van der Waals surface area contributed by atoms with Crippen LogP contribution in [0.3, 0.4) is 0 Å². The van der Waals surface area contributed by atoms with E-state index in [2.05, 4.69) is 5.32 Å². The smallest absolute Gasteiger partial charge is 0.368 e. The molecule has 0 radical (unpaired) electrons. The zero-order chi connectivity index (χ0) is 89.2. The van der Waals surface area contributed by atoms with Gasteiger partial charge < -0.3 is 183 Å². The second kappa shape index (κ2) is 47.0. The van der Waals surface area contributed by atoms with E-state index in [4.69, 9.17) is 143 Å². The summed E-state index contributed by atoms with van der Waals surface area (Å²) in [6.45, 7) is 3.09. The second-order valence-electron chi connectivity index (χ2n) is 24.8. The summed E-state index contributed by atoms with van der Waals surface area (Å²) in [6.07, 6.45) is 11.6. The second-order valence-corrected chi connectivity index (χ2v) is 52.5. The van der Waals surface area contributed by atoms with Gasteiger partial charge in [-0.3, -0.25) is 69.2 Å². The zero-order valence-corrected chi connectivity index (χ0v) is 72.2. The molecule has 36 N–H and O–H groups in total. The Hall–Kier alpha value is 0.170. The van der Waals surface area contributed by atoms with E-state index in [1.54, 1.807) is 68.4 Å². The number of unbranched alkanes of at least 4 members (excludes halogenated alkanes) is 4. The Bertz CT molecular complexity index is 3670. The number of nitrogens with zero attached hydrogens (tertiary/aromatic N) is 4. The van der Waals surface area contributed by atoms with Crippen molar-refractivity contribution >= 4 is 106 Å². The highest BCUT2D eigenvalue weighted by Gasteiger charge is 2.63. The van der Waals surface area contributed by atoms with Crippen LogP contribution in [0.4, 0.5) is 0 Å². The number of aryl methyl sites for hydroxylation is 2. The molecule has 0 unspecified atom stereocenters.